The zero-order chi connectivity index (χ0) is 23.5. The molecule has 1 aliphatic rings. The van der Waals surface area contributed by atoms with Gasteiger partial charge in [0.2, 0.25) is 0 Å². The van der Waals surface area contributed by atoms with Gasteiger partial charge in [0.25, 0.3) is 0 Å². The second-order valence-corrected chi connectivity index (χ2v) is 8.53. The maximum absolute atomic E-state index is 11.7. The molecule has 0 saturated carbocycles. The number of carboxylic acids is 1. The fourth-order valence-corrected chi connectivity index (χ4v) is 4.04. The molecule has 0 fully saturated rings. The Bertz CT molecular complexity index is 920. The van der Waals surface area contributed by atoms with E-state index in [1.807, 2.05) is 18.2 Å². The number of unbranched alkanes of at least 4 members (excludes halogenated alkanes) is 2. The lowest BCUT2D eigenvalue weighted by atomic mass is 9.96. The third kappa shape index (κ3) is 7.36. The average molecular weight is 452 g/mol. The van der Waals surface area contributed by atoms with Crippen molar-refractivity contribution in [2.45, 2.75) is 52.4 Å². The van der Waals surface area contributed by atoms with Crippen molar-refractivity contribution >= 4 is 17.7 Å². The first-order valence-electron chi connectivity index (χ1n) is 12.3. The summed E-state index contributed by atoms with van der Waals surface area (Å²) in [4.78, 5) is 14.1. The monoisotopic (exact) mass is 451 g/mol. The van der Waals surface area contributed by atoms with Gasteiger partial charge in [-0.1, -0.05) is 44.9 Å². The fourth-order valence-electron chi connectivity index (χ4n) is 4.04. The van der Waals surface area contributed by atoms with Crippen LogP contribution in [0.15, 0.2) is 48.0 Å². The minimum atomic E-state index is -0.825. The normalized spacial score (nSPS) is 15.2. The summed E-state index contributed by atoms with van der Waals surface area (Å²) >= 11 is 0. The van der Waals surface area contributed by atoms with Crippen LogP contribution in [0.25, 0.3) is 17.2 Å². The standard InChI is InChI=1S/C28H37NO4/c1-3-5-15-29-16-7-8-24(28(30)31)21-25-20-23(11-14-27(25)29)22-9-12-26(13-10-22)33-19-18-32-17-6-4-2/h9-14,20-21H,3-8,15-19H2,1-2H3,(H,30,31)/b24-21+. The third-order valence-corrected chi connectivity index (χ3v) is 5.95. The van der Waals surface area contributed by atoms with E-state index in [-0.39, 0.29) is 0 Å². The van der Waals surface area contributed by atoms with Crippen LogP contribution in [0.4, 0.5) is 5.69 Å². The molecule has 0 amide bonds. The van der Waals surface area contributed by atoms with Gasteiger partial charge in [0.15, 0.2) is 0 Å². The molecule has 178 valence electrons. The molecular weight excluding hydrogens is 414 g/mol. The Kier molecular flexibility index (Phi) is 9.82. The number of carboxylic acid groups (broad SMARTS) is 1. The lowest BCUT2D eigenvalue weighted by Crippen LogP contribution is -2.27. The number of ether oxygens (including phenoxy) is 2. The molecule has 0 aromatic heterocycles. The van der Waals surface area contributed by atoms with Gasteiger partial charge in [-0.3, -0.25) is 0 Å². The molecule has 0 saturated heterocycles. The number of rotatable bonds is 12. The largest absolute Gasteiger partial charge is 0.491 e. The first kappa shape index (κ1) is 24.8. The second kappa shape index (κ2) is 13.0. The van der Waals surface area contributed by atoms with Crippen LogP contribution >= 0.6 is 0 Å². The van der Waals surface area contributed by atoms with Crippen LogP contribution in [0, 0.1) is 0 Å². The van der Waals surface area contributed by atoms with E-state index < -0.39 is 5.97 Å². The highest BCUT2D eigenvalue weighted by Crippen LogP contribution is 2.32. The predicted octanol–water partition coefficient (Wildman–Crippen LogP) is 6.42. The third-order valence-electron chi connectivity index (χ3n) is 5.95. The van der Waals surface area contributed by atoms with Gasteiger partial charge in [-0.25, -0.2) is 4.79 Å². The number of benzene rings is 2. The van der Waals surface area contributed by atoms with Gasteiger partial charge in [-0.2, -0.15) is 0 Å². The molecule has 0 bridgehead atoms. The molecule has 0 radical (unpaired) electrons. The molecule has 0 atom stereocenters. The number of fused-ring (bicyclic) bond motifs is 1. The van der Waals surface area contributed by atoms with E-state index in [2.05, 4.69) is 49.1 Å². The summed E-state index contributed by atoms with van der Waals surface area (Å²) in [7, 11) is 0. The van der Waals surface area contributed by atoms with Crippen molar-refractivity contribution in [3.05, 3.63) is 53.6 Å². The molecule has 1 heterocycles. The van der Waals surface area contributed by atoms with Crippen LogP contribution in [-0.4, -0.2) is 44.0 Å². The van der Waals surface area contributed by atoms with E-state index in [0.29, 0.717) is 25.2 Å². The molecule has 1 N–H and O–H groups in total. The van der Waals surface area contributed by atoms with Crippen LogP contribution in [-0.2, 0) is 9.53 Å². The molecule has 33 heavy (non-hydrogen) atoms. The number of hydrogen-bond acceptors (Lipinski definition) is 4. The Morgan fingerprint density at radius 2 is 1.73 bits per heavy atom. The number of carbonyl (C=O) groups is 1. The lowest BCUT2D eigenvalue weighted by Gasteiger charge is -2.29. The first-order valence-corrected chi connectivity index (χ1v) is 12.3. The maximum Gasteiger partial charge on any atom is 0.331 e. The van der Waals surface area contributed by atoms with Crippen molar-refractivity contribution < 1.29 is 19.4 Å². The minimum absolute atomic E-state index is 0.480. The number of nitrogens with zero attached hydrogens (tertiary/aromatic N) is 1. The molecule has 2 aromatic carbocycles. The smallest absolute Gasteiger partial charge is 0.331 e. The van der Waals surface area contributed by atoms with Crippen molar-refractivity contribution in [1.82, 2.24) is 0 Å². The number of hydrogen-bond donors (Lipinski definition) is 1. The molecule has 5 nitrogen and oxygen atoms in total. The van der Waals surface area contributed by atoms with E-state index in [4.69, 9.17) is 9.47 Å². The highest BCUT2D eigenvalue weighted by molar-refractivity contribution is 5.94. The van der Waals surface area contributed by atoms with Crippen LogP contribution in [0.2, 0.25) is 0 Å². The van der Waals surface area contributed by atoms with Crippen molar-refractivity contribution in [2.24, 2.45) is 0 Å². The molecular formula is C28H37NO4. The predicted molar refractivity (Wildman–Crippen MR) is 135 cm³/mol. The zero-order valence-corrected chi connectivity index (χ0v) is 20.0. The highest BCUT2D eigenvalue weighted by Gasteiger charge is 2.17. The molecule has 0 aliphatic carbocycles. The fraction of sp³-hybridized carbons (Fsp3) is 0.464. The molecule has 5 heteroatoms. The molecule has 1 aliphatic heterocycles. The van der Waals surface area contributed by atoms with Crippen molar-refractivity contribution in [3.63, 3.8) is 0 Å². The SMILES string of the molecule is CCCCOCCOc1ccc(-c2ccc3c(c2)/C=C(/C(=O)O)CCCN3CCCC)cc1. The summed E-state index contributed by atoms with van der Waals surface area (Å²) in [5.74, 6) is -0.00331. The van der Waals surface area contributed by atoms with E-state index in [0.717, 1.165) is 79.9 Å². The van der Waals surface area contributed by atoms with Crippen LogP contribution in [0.5, 0.6) is 5.75 Å². The summed E-state index contributed by atoms with van der Waals surface area (Å²) in [6, 6.07) is 14.4. The van der Waals surface area contributed by atoms with Crippen molar-refractivity contribution in [1.29, 1.82) is 0 Å². The van der Waals surface area contributed by atoms with Gasteiger partial charge in [0.1, 0.15) is 12.4 Å². The summed E-state index contributed by atoms with van der Waals surface area (Å²) < 4.78 is 11.3. The minimum Gasteiger partial charge on any atom is -0.491 e. The van der Waals surface area contributed by atoms with Gasteiger partial charge in [-0.15, -0.1) is 0 Å². The zero-order valence-electron chi connectivity index (χ0n) is 20.0. The van der Waals surface area contributed by atoms with Gasteiger partial charge in [0.05, 0.1) is 6.61 Å². The Morgan fingerprint density at radius 3 is 2.45 bits per heavy atom. The van der Waals surface area contributed by atoms with Crippen LogP contribution in [0.1, 0.15) is 57.9 Å². The van der Waals surface area contributed by atoms with Crippen molar-refractivity contribution in [3.8, 4) is 16.9 Å². The molecule has 3 rings (SSSR count). The van der Waals surface area contributed by atoms with E-state index in [9.17, 15) is 9.90 Å². The Labute approximate surface area is 198 Å². The maximum atomic E-state index is 11.7. The summed E-state index contributed by atoms with van der Waals surface area (Å²) in [5.41, 5.74) is 4.73. The topological polar surface area (TPSA) is 59.0 Å². The quantitative estimate of drug-likeness (QED) is 0.378. The highest BCUT2D eigenvalue weighted by atomic mass is 16.5. The van der Waals surface area contributed by atoms with E-state index in [1.165, 1.54) is 0 Å². The van der Waals surface area contributed by atoms with E-state index >= 15 is 0 Å². The van der Waals surface area contributed by atoms with Gasteiger partial charge < -0.3 is 19.5 Å². The summed E-state index contributed by atoms with van der Waals surface area (Å²) in [6.07, 6.45) is 7.78. The average Bonchev–Trinajstić information content (AvgIpc) is 2.81. The molecule has 2 aromatic rings. The van der Waals surface area contributed by atoms with Crippen LogP contribution in [0.3, 0.4) is 0 Å². The molecule has 0 unspecified atom stereocenters. The number of anilines is 1. The Hall–Kier alpha value is -2.79. The number of aliphatic carboxylic acids is 1. The second-order valence-electron chi connectivity index (χ2n) is 8.53. The Morgan fingerprint density at radius 1 is 0.970 bits per heavy atom. The Balaban J connectivity index is 1.76. The summed E-state index contributed by atoms with van der Waals surface area (Å²) in [6.45, 7) is 8.14. The lowest BCUT2D eigenvalue weighted by molar-refractivity contribution is -0.132. The van der Waals surface area contributed by atoms with Gasteiger partial charge in [0, 0.05) is 31.0 Å². The molecule has 0 spiro atoms. The van der Waals surface area contributed by atoms with E-state index in [1.54, 1.807) is 0 Å². The summed E-state index contributed by atoms with van der Waals surface area (Å²) in [5, 5.41) is 9.63. The van der Waals surface area contributed by atoms with Gasteiger partial charge in [-0.05, 0) is 72.7 Å². The van der Waals surface area contributed by atoms with Crippen molar-refractivity contribution in [2.75, 3.05) is 37.8 Å². The first-order chi connectivity index (χ1) is 16.1. The van der Waals surface area contributed by atoms with Gasteiger partial charge >= 0.3 is 5.97 Å². The van der Waals surface area contributed by atoms with Crippen LogP contribution < -0.4 is 9.64 Å².